The fraction of sp³-hybridized carbons (Fsp3) is 0.353. The van der Waals surface area contributed by atoms with Gasteiger partial charge in [0.15, 0.2) is 0 Å². The summed E-state index contributed by atoms with van der Waals surface area (Å²) in [7, 11) is 0. The van der Waals surface area contributed by atoms with Crippen LogP contribution in [0.2, 0.25) is 0 Å². The molecule has 128 valence electrons. The zero-order valence-electron chi connectivity index (χ0n) is 13.0. The largest absolute Gasteiger partial charge is 0.467 e. The number of aliphatic hydroxyl groups excluding tert-OH is 1. The Morgan fingerprint density at radius 2 is 2.29 bits per heavy atom. The summed E-state index contributed by atoms with van der Waals surface area (Å²) in [4.78, 5) is 14.1. The zero-order valence-corrected chi connectivity index (χ0v) is 13.0. The molecule has 1 fully saturated rings. The Labute approximate surface area is 138 Å². The molecular formula is C17H19FN2O4. The van der Waals surface area contributed by atoms with E-state index < -0.39 is 11.9 Å². The number of urea groups is 1. The van der Waals surface area contributed by atoms with Gasteiger partial charge in [-0.3, -0.25) is 0 Å². The number of carbonyl (C=O) groups is 1. The molecule has 0 spiro atoms. The number of hydrogen-bond donors (Lipinski definition) is 2. The Bertz CT molecular complexity index is 677. The number of halogens is 1. The maximum atomic E-state index is 13.2. The molecule has 0 bridgehead atoms. The average Bonchev–Trinajstić information content (AvgIpc) is 3.10. The number of anilines is 1. The van der Waals surface area contributed by atoms with E-state index >= 15 is 0 Å². The Hall–Kier alpha value is -2.38. The van der Waals surface area contributed by atoms with Gasteiger partial charge in [0.05, 0.1) is 25.5 Å². The molecular weight excluding hydrogens is 315 g/mol. The number of furan rings is 1. The molecule has 24 heavy (non-hydrogen) atoms. The number of morpholine rings is 1. The lowest BCUT2D eigenvalue weighted by Gasteiger charge is -2.36. The van der Waals surface area contributed by atoms with Crippen LogP contribution in [-0.2, 0) is 4.74 Å². The first kappa shape index (κ1) is 16.5. The van der Waals surface area contributed by atoms with Gasteiger partial charge in [0.25, 0.3) is 0 Å². The summed E-state index contributed by atoms with van der Waals surface area (Å²) in [5, 5.41) is 12.9. The molecule has 2 atom stereocenters. The van der Waals surface area contributed by atoms with Gasteiger partial charge >= 0.3 is 6.03 Å². The molecule has 1 aliphatic heterocycles. The van der Waals surface area contributed by atoms with Crippen molar-refractivity contribution in [1.82, 2.24) is 4.90 Å². The van der Waals surface area contributed by atoms with Gasteiger partial charge in [-0.05, 0) is 30.3 Å². The minimum Gasteiger partial charge on any atom is -0.467 e. The highest BCUT2D eigenvalue weighted by atomic mass is 19.1. The zero-order chi connectivity index (χ0) is 16.9. The van der Waals surface area contributed by atoms with Crippen LogP contribution in [-0.4, -0.2) is 41.8 Å². The number of benzene rings is 1. The summed E-state index contributed by atoms with van der Waals surface area (Å²) in [5.41, 5.74) is 0.386. The third-order valence-electron chi connectivity index (χ3n) is 3.93. The molecule has 2 amide bonds. The Morgan fingerprint density at radius 3 is 3.04 bits per heavy atom. The number of ether oxygens (including phenoxy) is 1. The van der Waals surface area contributed by atoms with Gasteiger partial charge in [-0.2, -0.15) is 0 Å². The Balaban J connectivity index is 1.66. The quantitative estimate of drug-likeness (QED) is 0.901. The number of amides is 2. The Kier molecular flexibility index (Phi) is 5.12. The summed E-state index contributed by atoms with van der Waals surface area (Å²) in [6.07, 6.45) is 0.963. The first-order valence-corrected chi connectivity index (χ1v) is 7.76. The third kappa shape index (κ3) is 3.93. The lowest BCUT2D eigenvalue weighted by atomic mass is 10.1. The van der Waals surface area contributed by atoms with E-state index in [2.05, 4.69) is 5.32 Å². The second-order valence-corrected chi connectivity index (χ2v) is 5.63. The fourth-order valence-electron chi connectivity index (χ4n) is 2.73. The van der Waals surface area contributed by atoms with Gasteiger partial charge in [0, 0.05) is 18.7 Å². The second-order valence-electron chi connectivity index (χ2n) is 5.63. The van der Waals surface area contributed by atoms with Crippen molar-refractivity contribution in [2.75, 3.05) is 25.1 Å². The fourth-order valence-corrected chi connectivity index (χ4v) is 2.73. The van der Waals surface area contributed by atoms with E-state index in [1.54, 1.807) is 23.1 Å². The lowest BCUT2D eigenvalue weighted by molar-refractivity contribution is -0.00713. The molecule has 0 radical (unpaired) electrons. The van der Waals surface area contributed by atoms with Gasteiger partial charge in [-0.1, -0.05) is 6.07 Å². The first-order chi connectivity index (χ1) is 11.6. The van der Waals surface area contributed by atoms with E-state index in [1.165, 1.54) is 24.5 Å². The first-order valence-electron chi connectivity index (χ1n) is 7.76. The molecule has 1 aliphatic rings. The highest BCUT2D eigenvalue weighted by Crippen LogP contribution is 2.23. The predicted octanol–water partition coefficient (Wildman–Crippen LogP) is 2.78. The summed E-state index contributed by atoms with van der Waals surface area (Å²) in [6.45, 7) is 1.15. The van der Waals surface area contributed by atoms with Crippen LogP contribution in [0.25, 0.3) is 0 Å². The van der Waals surface area contributed by atoms with E-state index in [-0.39, 0.29) is 12.1 Å². The van der Waals surface area contributed by atoms with Crippen molar-refractivity contribution in [2.24, 2.45) is 0 Å². The number of nitrogens with one attached hydrogen (secondary N) is 1. The summed E-state index contributed by atoms with van der Waals surface area (Å²) in [5.74, 6) is 0.0330. The molecule has 0 saturated carbocycles. The highest BCUT2D eigenvalue weighted by molar-refractivity contribution is 5.89. The standard InChI is InChI=1S/C17H19FN2O4/c18-12-3-1-4-13(9-12)19-17(22)20-6-8-23-11-14(20)10-15(21)16-5-2-7-24-16/h1-5,7,9,14-15,21H,6,8,10-11H2,(H,19,22). The predicted molar refractivity (Wildman–Crippen MR) is 85.0 cm³/mol. The van der Waals surface area contributed by atoms with Crippen LogP contribution in [0.4, 0.5) is 14.9 Å². The number of nitrogens with zero attached hydrogens (tertiary/aromatic N) is 1. The molecule has 6 nitrogen and oxygen atoms in total. The smallest absolute Gasteiger partial charge is 0.322 e. The van der Waals surface area contributed by atoms with Gasteiger partial charge in [0.2, 0.25) is 0 Å². The van der Waals surface area contributed by atoms with Crippen molar-refractivity contribution in [3.05, 3.63) is 54.2 Å². The van der Waals surface area contributed by atoms with Crippen LogP contribution in [0.5, 0.6) is 0 Å². The lowest BCUT2D eigenvalue weighted by Crippen LogP contribution is -2.50. The van der Waals surface area contributed by atoms with Crippen LogP contribution in [0, 0.1) is 5.82 Å². The molecule has 1 aromatic heterocycles. The number of hydrogen-bond acceptors (Lipinski definition) is 4. The maximum absolute atomic E-state index is 13.2. The van der Waals surface area contributed by atoms with Crippen LogP contribution in [0.3, 0.4) is 0 Å². The van der Waals surface area contributed by atoms with E-state index in [4.69, 9.17) is 9.15 Å². The summed E-state index contributed by atoms with van der Waals surface area (Å²) in [6, 6.07) is 8.46. The van der Waals surface area contributed by atoms with Crippen LogP contribution < -0.4 is 5.32 Å². The normalized spacial score (nSPS) is 19.1. The second kappa shape index (κ2) is 7.46. The minimum absolute atomic E-state index is 0.296. The van der Waals surface area contributed by atoms with E-state index in [0.29, 0.717) is 37.6 Å². The van der Waals surface area contributed by atoms with Crippen molar-refractivity contribution in [3.8, 4) is 0 Å². The van der Waals surface area contributed by atoms with Gasteiger partial charge in [0.1, 0.15) is 17.7 Å². The van der Waals surface area contributed by atoms with Crippen molar-refractivity contribution in [1.29, 1.82) is 0 Å². The SMILES string of the molecule is O=C(Nc1cccc(F)c1)N1CCOCC1CC(O)c1ccco1. The topological polar surface area (TPSA) is 74.9 Å². The van der Waals surface area contributed by atoms with E-state index in [0.717, 1.165) is 0 Å². The molecule has 2 unspecified atom stereocenters. The molecule has 1 aromatic carbocycles. The van der Waals surface area contributed by atoms with Crippen molar-refractivity contribution < 1.29 is 23.4 Å². The molecule has 0 aliphatic carbocycles. The van der Waals surface area contributed by atoms with Crippen LogP contribution in [0.15, 0.2) is 47.1 Å². The summed E-state index contributed by atoms with van der Waals surface area (Å²) < 4.78 is 23.9. The van der Waals surface area contributed by atoms with Gasteiger partial charge < -0.3 is 24.5 Å². The van der Waals surface area contributed by atoms with Crippen LogP contribution >= 0.6 is 0 Å². The highest BCUT2D eigenvalue weighted by Gasteiger charge is 2.30. The van der Waals surface area contributed by atoms with Crippen molar-refractivity contribution >= 4 is 11.7 Å². The summed E-state index contributed by atoms with van der Waals surface area (Å²) >= 11 is 0. The monoisotopic (exact) mass is 334 g/mol. The van der Waals surface area contributed by atoms with Crippen LogP contribution in [0.1, 0.15) is 18.3 Å². The minimum atomic E-state index is -0.823. The number of aliphatic hydroxyl groups is 1. The van der Waals surface area contributed by atoms with Crippen molar-refractivity contribution in [3.63, 3.8) is 0 Å². The Morgan fingerprint density at radius 1 is 1.42 bits per heavy atom. The molecule has 7 heteroatoms. The molecule has 2 heterocycles. The molecule has 1 saturated heterocycles. The molecule has 2 N–H and O–H groups in total. The van der Waals surface area contributed by atoms with E-state index in [9.17, 15) is 14.3 Å². The van der Waals surface area contributed by atoms with Gasteiger partial charge in [-0.15, -0.1) is 0 Å². The average molecular weight is 334 g/mol. The van der Waals surface area contributed by atoms with E-state index in [1.807, 2.05) is 0 Å². The molecule has 3 rings (SSSR count). The third-order valence-corrected chi connectivity index (χ3v) is 3.93. The van der Waals surface area contributed by atoms with Gasteiger partial charge in [-0.25, -0.2) is 9.18 Å². The van der Waals surface area contributed by atoms with Crippen molar-refractivity contribution in [2.45, 2.75) is 18.6 Å². The number of rotatable bonds is 4. The maximum Gasteiger partial charge on any atom is 0.322 e. The molecule has 2 aromatic rings. The number of carbonyl (C=O) groups excluding carboxylic acids is 1.